The third-order valence-corrected chi connectivity index (χ3v) is 6.02. The van der Waals surface area contributed by atoms with Crippen molar-refractivity contribution in [3.63, 3.8) is 0 Å². The van der Waals surface area contributed by atoms with Gasteiger partial charge >= 0.3 is 6.18 Å². The highest BCUT2D eigenvalue weighted by Gasteiger charge is 2.32. The number of hydrogen-bond donors (Lipinski definition) is 1. The van der Waals surface area contributed by atoms with Crippen LogP contribution in [0.25, 0.3) is 16.9 Å². The van der Waals surface area contributed by atoms with E-state index in [1.54, 1.807) is 0 Å². The van der Waals surface area contributed by atoms with Crippen LogP contribution in [0.5, 0.6) is 0 Å². The second-order valence-electron chi connectivity index (χ2n) is 6.62. The van der Waals surface area contributed by atoms with Gasteiger partial charge in [-0.1, -0.05) is 29.8 Å². The van der Waals surface area contributed by atoms with Gasteiger partial charge in [-0.3, -0.25) is 0 Å². The number of nitrogens with zero attached hydrogens (tertiary/aromatic N) is 2. The molecule has 2 aromatic carbocycles. The number of rotatable bonds is 2. The van der Waals surface area contributed by atoms with Crippen molar-refractivity contribution in [2.45, 2.75) is 25.4 Å². The van der Waals surface area contributed by atoms with Gasteiger partial charge in [-0.2, -0.15) is 18.3 Å². The first-order valence-electron chi connectivity index (χ1n) is 8.84. The number of nitrogens with one attached hydrogen (secondary N) is 1. The highest BCUT2D eigenvalue weighted by molar-refractivity contribution is 14.1. The van der Waals surface area contributed by atoms with E-state index in [1.807, 2.05) is 24.3 Å². The van der Waals surface area contributed by atoms with E-state index in [0.717, 1.165) is 58.3 Å². The summed E-state index contributed by atoms with van der Waals surface area (Å²) in [6.07, 6.45) is -1.68. The van der Waals surface area contributed by atoms with Crippen LogP contribution in [0.3, 0.4) is 0 Å². The molecule has 2 heterocycles. The van der Waals surface area contributed by atoms with Crippen LogP contribution in [0.15, 0.2) is 42.5 Å². The first-order chi connectivity index (χ1) is 13.4. The third-order valence-electron chi connectivity index (χ3n) is 4.76. The number of fused-ring (bicyclic) bond motifs is 1. The molecule has 0 saturated heterocycles. The largest absolute Gasteiger partial charge is 0.416 e. The zero-order chi connectivity index (χ0) is 19.9. The Labute approximate surface area is 179 Å². The Morgan fingerprint density at radius 1 is 1.11 bits per heavy atom. The summed E-state index contributed by atoms with van der Waals surface area (Å²) in [4.78, 5) is 0. The lowest BCUT2D eigenvalue weighted by molar-refractivity contribution is -0.137. The molecule has 0 fully saturated rings. The van der Waals surface area contributed by atoms with Gasteiger partial charge < -0.3 is 5.32 Å². The van der Waals surface area contributed by atoms with Crippen molar-refractivity contribution in [2.24, 2.45) is 0 Å². The van der Waals surface area contributed by atoms with Gasteiger partial charge in [0, 0.05) is 21.2 Å². The van der Waals surface area contributed by atoms with E-state index in [-0.39, 0.29) is 10.7 Å². The molecule has 0 atom stereocenters. The normalized spacial score (nSPS) is 14.3. The molecule has 28 heavy (non-hydrogen) atoms. The molecule has 0 aliphatic carbocycles. The summed E-state index contributed by atoms with van der Waals surface area (Å²) in [5.41, 5.74) is 2.22. The van der Waals surface area contributed by atoms with Crippen molar-refractivity contribution in [3.8, 4) is 16.9 Å². The first-order valence-corrected chi connectivity index (χ1v) is 10.3. The zero-order valence-electron chi connectivity index (χ0n) is 14.7. The summed E-state index contributed by atoms with van der Waals surface area (Å²) in [5, 5.41) is 8.28. The van der Waals surface area contributed by atoms with Gasteiger partial charge in [0.1, 0.15) is 5.82 Å². The zero-order valence-corrected chi connectivity index (χ0v) is 17.6. The van der Waals surface area contributed by atoms with E-state index in [4.69, 9.17) is 16.7 Å². The quantitative estimate of drug-likeness (QED) is 0.390. The summed E-state index contributed by atoms with van der Waals surface area (Å²) in [5.74, 6) is 0.716. The number of aromatic nitrogens is 2. The molecule has 0 spiro atoms. The van der Waals surface area contributed by atoms with Gasteiger partial charge in [0.25, 0.3) is 0 Å². The Morgan fingerprint density at radius 3 is 2.64 bits per heavy atom. The van der Waals surface area contributed by atoms with E-state index >= 15 is 0 Å². The predicted molar refractivity (Wildman–Crippen MR) is 113 cm³/mol. The predicted octanol–water partition coefficient (Wildman–Crippen LogP) is 6.56. The minimum Gasteiger partial charge on any atom is -0.370 e. The number of halogens is 5. The maximum atomic E-state index is 13.3. The highest BCUT2D eigenvalue weighted by atomic mass is 127. The van der Waals surface area contributed by atoms with E-state index in [2.05, 4.69) is 27.9 Å². The van der Waals surface area contributed by atoms with Gasteiger partial charge in [-0.25, -0.2) is 4.68 Å². The summed E-state index contributed by atoms with van der Waals surface area (Å²) < 4.78 is 42.3. The molecule has 0 radical (unpaired) electrons. The van der Waals surface area contributed by atoms with Crippen LogP contribution in [-0.4, -0.2) is 16.3 Å². The number of alkyl halides is 3. The first kappa shape index (κ1) is 19.6. The molecule has 0 amide bonds. The van der Waals surface area contributed by atoms with Crippen molar-refractivity contribution in [2.75, 3.05) is 11.9 Å². The maximum Gasteiger partial charge on any atom is 0.416 e. The van der Waals surface area contributed by atoms with Crippen LogP contribution in [0, 0.1) is 3.57 Å². The summed E-state index contributed by atoms with van der Waals surface area (Å²) in [6, 6.07) is 11.2. The molecule has 1 aromatic heterocycles. The van der Waals surface area contributed by atoms with Crippen molar-refractivity contribution >= 4 is 40.0 Å². The molecule has 3 aromatic rings. The van der Waals surface area contributed by atoms with Crippen LogP contribution in [0.2, 0.25) is 5.02 Å². The molecule has 3 nitrogen and oxygen atoms in total. The van der Waals surface area contributed by atoms with Gasteiger partial charge in [0.05, 0.1) is 22.0 Å². The van der Waals surface area contributed by atoms with Crippen LogP contribution in [-0.2, 0) is 12.6 Å². The van der Waals surface area contributed by atoms with Crippen LogP contribution in [0.1, 0.15) is 24.0 Å². The highest BCUT2D eigenvalue weighted by Crippen LogP contribution is 2.39. The van der Waals surface area contributed by atoms with Gasteiger partial charge in [-0.05, 0) is 66.1 Å². The lowest BCUT2D eigenvalue weighted by Crippen LogP contribution is -2.10. The average molecular weight is 518 g/mol. The fourth-order valence-corrected chi connectivity index (χ4v) is 4.24. The van der Waals surface area contributed by atoms with E-state index in [9.17, 15) is 13.2 Å². The third kappa shape index (κ3) is 3.61. The van der Waals surface area contributed by atoms with Crippen molar-refractivity contribution in [3.05, 3.63) is 62.2 Å². The number of anilines is 1. The fourth-order valence-electron chi connectivity index (χ4n) is 3.40. The lowest BCUT2D eigenvalue weighted by Gasteiger charge is -2.13. The Hall–Kier alpha value is -1.74. The van der Waals surface area contributed by atoms with E-state index in [0.29, 0.717) is 5.82 Å². The smallest absolute Gasteiger partial charge is 0.370 e. The minimum atomic E-state index is -4.45. The van der Waals surface area contributed by atoms with Crippen molar-refractivity contribution < 1.29 is 13.2 Å². The summed E-state index contributed by atoms with van der Waals surface area (Å²) in [6.45, 7) is 0.737. The van der Waals surface area contributed by atoms with Gasteiger partial charge in [0.15, 0.2) is 0 Å². The fraction of sp³-hybridized carbons (Fsp3) is 0.250. The van der Waals surface area contributed by atoms with Gasteiger partial charge in [-0.15, -0.1) is 0 Å². The molecule has 1 aliphatic heterocycles. The molecule has 8 heteroatoms. The molecule has 1 aliphatic rings. The standard InChI is InChI=1S/C20H16ClF3IN3/c21-15-9-8-12(20(22,23)24)11-17(15)28-19-14(6-3-4-10-26-19)18(27-28)13-5-1-2-7-16(13)25/h1-2,5,7-9,11,26H,3-4,6,10H2. The van der Waals surface area contributed by atoms with Crippen LogP contribution < -0.4 is 5.32 Å². The molecule has 1 N–H and O–H groups in total. The number of benzene rings is 2. The summed E-state index contributed by atoms with van der Waals surface area (Å²) >= 11 is 8.54. The molecule has 0 unspecified atom stereocenters. The minimum absolute atomic E-state index is 0.221. The summed E-state index contributed by atoms with van der Waals surface area (Å²) in [7, 11) is 0. The van der Waals surface area contributed by atoms with Gasteiger partial charge in [0.2, 0.25) is 0 Å². The molecule has 0 saturated carbocycles. The Morgan fingerprint density at radius 2 is 1.89 bits per heavy atom. The second kappa shape index (κ2) is 7.59. The molecular formula is C20H16ClF3IN3. The van der Waals surface area contributed by atoms with Crippen molar-refractivity contribution in [1.82, 2.24) is 9.78 Å². The van der Waals surface area contributed by atoms with E-state index < -0.39 is 11.7 Å². The molecular weight excluding hydrogens is 502 g/mol. The lowest BCUT2D eigenvalue weighted by atomic mass is 10.0. The monoisotopic (exact) mass is 517 g/mol. The van der Waals surface area contributed by atoms with Crippen molar-refractivity contribution in [1.29, 1.82) is 0 Å². The topological polar surface area (TPSA) is 29.9 Å². The second-order valence-corrected chi connectivity index (χ2v) is 8.18. The Kier molecular flexibility index (Phi) is 5.30. The number of hydrogen-bond acceptors (Lipinski definition) is 2. The molecule has 146 valence electrons. The molecule has 0 bridgehead atoms. The van der Waals surface area contributed by atoms with Crippen LogP contribution in [0.4, 0.5) is 19.0 Å². The maximum absolute atomic E-state index is 13.3. The van der Waals surface area contributed by atoms with E-state index in [1.165, 1.54) is 10.7 Å². The Balaban J connectivity index is 1.95. The Bertz CT molecular complexity index is 1030. The SMILES string of the molecule is FC(F)(F)c1ccc(Cl)c(-n2nc(-c3ccccc3I)c3c2NCCCC3)c1. The molecule has 4 rings (SSSR count). The van der Waals surface area contributed by atoms with Crippen LogP contribution >= 0.6 is 34.2 Å². The average Bonchev–Trinajstić information content (AvgIpc) is 2.83.